The summed E-state index contributed by atoms with van der Waals surface area (Å²) in [6.45, 7) is 5.90. The van der Waals surface area contributed by atoms with Crippen LogP contribution in [0.25, 0.3) is 0 Å². The monoisotopic (exact) mass is 255 g/mol. The van der Waals surface area contributed by atoms with Gasteiger partial charge in [0.05, 0.1) is 0 Å². The standard InChI is InChI=1S/C11H15NO.C6H6/c1-11(2,3)12-10(13)9-7-5-4-6-8-9;1-2-4-6-5-3-1/h4-8H,1-3H3,(H,12,13);1-6H. The summed E-state index contributed by atoms with van der Waals surface area (Å²) in [6.07, 6.45) is 0. The van der Waals surface area contributed by atoms with Crippen LogP contribution < -0.4 is 5.32 Å². The maximum Gasteiger partial charge on any atom is 0.251 e. The quantitative estimate of drug-likeness (QED) is 0.822. The van der Waals surface area contributed by atoms with Gasteiger partial charge in [-0.25, -0.2) is 0 Å². The zero-order valence-electron chi connectivity index (χ0n) is 11.8. The molecule has 1 amide bonds. The molecule has 0 heterocycles. The third kappa shape index (κ3) is 7.04. The highest BCUT2D eigenvalue weighted by Crippen LogP contribution is 2.03. The maximum absolute atomic E-state index is 11.5. The first kappa shape index (κ1) is 15.0. The van der Waals surface area contributed by atoms with Crippen molar-refractivity contribution in [2.75, 3.05) is 0 Å². The van der Waals surface area contributed by atoms with E-state index in [2.05, 4.69) is 5.32 Å². The smallest absolute Gasteiger partial charge is 0.251 e. The summed E-state index contributed by atoms with van der Waals surface area (Å²) in [4.78, 5) is 11.5. The van der Waals surface area contributed by atoms with E-state index in [1.54, 1.807) is 12.1 Å². The van der Waals surface area contributed by atoms with Crippen molar-refractivity contribution in [3.8, 4) is 0 Å². The van der Waals surface area contributed by atoms with Crippen LogP contribution in [0, 0.1) is 0 Å². The lowest BCUT2D eigenvalue weighted by molar-refractivity contribution is 0.0919. The second kappa shape index (κ2) is 7.37. The molecule has 2 heteroatoms. The van der Waals surface area contributed by atoms with Gasteiger partial charge < -0.3 is 5.32 Å². The van der Waals surface area contributed by atoms with Crippen LogP contribution in [0.15, 0.2) is 66.7 Å². The van der Waals surface area contributed by atoms with E-state index in [0.29, 0.717) is 5.56 Å². The highest BCUT2D eigenvalue weighted by atomic mass is 16.1. The number of hydrogen-bond donors (Lipinski definition) is 1. The Morgan fingerprint density at radius 2 is 1.16 bits per heavy atom. The molecular weight excluding hydrogens is 234 g/mol. The van der Waals surface area contributed by atoms with Gasteiger partial charge in [0.25, 0.3) is 5.91 Å². The van der Waals surface area contributed by atoms with E-state index < -0.39 is 0 Å². The Morgan fingerprint density at radius 1 is 0.789 bits per heavy atom. The molecule has 0 spiro atoms. The van der Waals surface area contributed by atoms with Crippen LogP contribution in [0.4, 0.5) is 0 Å². The van der Waals surface area contributed by atoms with Crippen molar-refractivity contribution < 1.29 is 4.79 Å². The number of carbonyl (C=O) groups is 1. The second-order valence-electron chi connectivity index (χ2n) is 5.22. The Kier molecular flexibility index (Phi) is 5.80. The average Bonchev–Trinajstić information content (AvgIpc) is 2.40. The molecule has 0 aliphatic rings. The fraction of sp³-hybridized carbons (Fsp3) is 0.235. The SMILES string of the molecule is CC(C)(C)NC(=O)c1ccccc1.c1ccccc1. The third-order valence-electron chi connectivity index (χ3n) is 2.19. The van der Waals surface area contributed by atoms with Gasteiger partial charge in [-0.2, -0.15) is 0 Å². The number of hydrogen-bond acceptors (Lipinski definition) is 1. The lowest BCUT2D eigenvalue weighted by Gasteiger charge is -2.20. The van der Waals surface area contributed by atoms with Crippen molar-refractivity contribution >= 4 is 5.91 Å². The molecule has 0 saturated carbocycles. The molecule has 0 aliphatic heterocycles. The fourth-order valence-electron chi connectivity index (χ4n) is 1.39. The molecule has 0 fully saturated rings. The molecular formula is C17H21NO. The van der Waals surface area contributed by atoms with Crippen LogP contribution >= 0.6 is 0 Å². The van der Waals surface area contributed by atoms with Gasteiger partial charge in [0.15, 0.2) is 0 Å². The van der Waals surface area contributed by atoms with E-state index >= 15 is 0 Å². The second-order valence-corrected chi connectivity index (χ2v) is 5.22. The summed E-state index contributed by atoms with van der Waals surface area (Å²) >= 11 is 0. The molecule has 2 nitrogen and oxygen atoms in total. The highest BCUT2D eigenvalue weighted by Gasteiger charge is 2.14. The van der Waals surface area contributed by atoms with E-state index in [4.69, 9.17) is 0 Å². The van der Waals surface area contributed by atoms with Crippen LogP contribution in [0.2, 0.25) is 0 Å². The van der Waals surface area contributed by atoms with Crippen molar-refractivity contribution in [2.45, 2.75) is 26.3 Å². The summed E-state index contributed by atoms with van der Waals surface area (Å²) in [5.74, 6) is -0.0203. The number of rotatable bonds is 1. The fourth-order valence-corrected chi connectivity index (χ4v) is 1.39. The zero-order chi connectivity index (χ0) is 14.1. The summed E-state index contributed by atoms with van der Waals surface area (Å²) in [5.41, 5.74) is 0.532. The van der Waals surface area contributed by atoms with Crippen molar-refractivity contribution in [2.24, 2.45) is 0 Å². The molecule has 2 aromatic rings. The van der Waals surface area contributed by atoms with E-state index in [0.717, 1.165) is 0 Å². The average molecular weight is 255 g/mol. The zero-order valence-corrected chi connectivity index (χ0v) is 11.8. The minimum atomic E-state index is -0.174. The Hall–Kier alpha value is -2.09. The molecule has 0 atom stereocenters. The van der Waals surface area contributed by atoms with Crippen LogP contribution in [0.5, 0.6) is 0 Å². The lowest BCUT2D eigenvalue weighted by Crippen LogP contribution is -2.40. The minimum Gasteiger partial charge on any atom is -0.347 e. The lowest BCUT2D eigenvalue weighted by atomic mass is 10.1. The van der Waals surface area contributed by atoms with Crippen molar-refractivity contribution in [1.82, 2.24) is 5.32 Å². The molecule has 0 radical (unpaired) electrons. The molecule has 100 valence electrons. The topological polar surface area (TPSA) is 29.1 Å². The van der Waals surface area contributed by atoms with E-state index in [1.807, 2.05) is 75.4 Å². The van der Waals surface area contributed by atoms with Crippen molar-refractivity contribution in [1.29, 1.82) is 0 Å². The predicted molar refractivity (Wildman–Crippen MR) is 80.1 cm³/mol. The van der Waals surface area contributed by atoms with Gasteiger partial charge in [0.1, 0.15) is 0 Å². The normalized spacial score (nSPS) is 10.1. The largest absolute Gasteiger partial charge is 0.347 e. The first-order valence-corrected chi connectivity index (χ1v) is 6.36. The molecule has 0 saturated heterocycles. The molecule has 2 rings (SSSR count). The van der Waals surface area contributed by atoms with E-state index in [1.165, 1.54) is 0 Å². The Bertz CT molecular complexity index is 445. The van der Waals surface area contributed by atoms with Crippen LogP contribution in [0.1, 0.15) is 31.1 Å². The summed E-state index contributed by atoms with van der Waals surface area (Å²) < 4.78 is 0. The summed E-state index contributed by atoms with van der Waals surface area (Å²) in [5, 5.41) is 2.90. The molecule has 0 bridgehead atoms. The van der Waals surface area contributed by atoms with Gasteiger partial charge >= 0.3 is 0 Å². The molecule has 0 aliphatic carbocycles. The van der Waals surface area contributed by atoms with Gasteiger partial charge in [-0.1, -0.05) is 54.6 Å². The van der Waals surface area contributed by atoms with Gasteiger partial charge in [-0.15, -0.1) is 0 Å². The first-order chi connectivity index (χ1) is 8.99. The van der Waals surface area contributed by atoms with Gasteiger partial charge in [-0.05, 0) is 32.9 Å². The maximum atomic E-state index is 11.5. The van der Waals surface area contributed by atoms with Gasteiger partial charge in [-0.3, -0.25) is 4.79 Å². The first-order valence-electron chi connectivity index (χ1n) is 6.36. The van der Waals surface area contributed by atoms with Crippen LogP contribution in [-0.4, -0.2) is 11.4 Å². The van der Waals surface area contributed by atoms with Gasteiger partial charge in [0, 0.05) is 11.1 Å². The Morgan fingerprint density at radius 3 is 1.53 bits per heavy atom. The van der Waals surface area contributed by atoms with Crippen molar-refractivity contribution in [3.05, 3.63) is 72.3 Å². The summed E-state index contributed by atoms with van der Waals surface area (Å²) in [7, 11) is 0. The number of amides is 1. The van der Waals surface area contributed by atoms with Crippen LogP contribution in [-0.2, 0) is 0 Å². The molecule has 2 aromatic carbocycles. The third-order valence-corrected chi connectivity index (χ3v) is 2.19. The van der Waals surface area contributed by atoms with Gasteiger partial charge in [0.2, 0.25) is 0 Å². The Labute approximate surface area is 115 Å². The molecule has 0 aromatic heterocycles. The minimum absolute atomic E-state index is 0.0203. The summed E-state index contributed by atoms with van der Waals surface area (Å²) in [6, 6.07) is 21.2. The number of benzene rings is 2. The number of nitrogens with one attached hydrogen (secondary N) is 1. The molecule has 1 N–H and O–H groups in total. The predicted octanol–water partition coefficient (Wildman–Crippen LogP) is 3.90. The molecule has 19 heavy (non-hydrogen) atoms. The van der Waals surface area contributed by atoms with Crippen molar-refractivity contribution in [3.63, 3.8) is 0 Å². The van der Waals surface area contributed by atoms with Crippen LogP contribution in [0.3, 0.4) is 0 Å². The van der Waals surface area contributed by atoms with E-state index in [9.17, 15) is 4.79 Å². The van der Waals surface area contributed by atoms with E-state index in [-0.39, 0.29) is 11.4 Å². The Balaban J connectivity index is 0.000000250. The highest BCUT2D eigenvalue weighted by molar-refractivity contribution is 5.94. The molecule has 0 unspecified atom stereocenters. The number of carbonyl (C=O) groups excluding carboxylic acids is 1.